The van der Waals surface area contributed by atoms with Crippen LogP contribution in [0.3, 0.4) is 0 Å². The van der Waals surface area contributed by atoms with Gasteiger partial charge in [0.2, 0.25) is 0 Å². The maximum absolute atomic E-state index is 13.3. The quantitative estimate of drug-likeness (QED) is 0.475. The fraction of sp³-hybridized carbons (Fsp3) is 0.0909. The molecule has 2 amide bonds. The molecule has 0 radical (unpaired) electrons. The molecule has 0 aliphatic carbocycles. The lowest BCUT2D eigenvalue weighted by Crippen LogP contribution is -2.31. The summed E-state index contributed by atoms with van der Waals surface area (Å²) in [5.41, 5.74) is 2.94. The van der Waals surface area contributed by atoms with Crippen LogP contribution in [-0.2, 0) is 15.3 Å². The molecule has 0 unspecified atom stereocenters. The van der Waals surface area contributed by atoms with Crippen molar-refractivity contribution in [3.63, 3.8) is 0 Å². The second kappa shape index (κ2) is 7.95. The fourth-order valence-electron chi connectivity index (χ4n) is 3.10. The minimum Gasteiger partial charge on any atom is -0.268 e. The monoisotopic (exact) mass is 425 g/mol. The lowest BCUT2D eigenvalue weighted by atomic mass is 10.1. The lowest BCUT2D eigenvalue weighted by Gasteiger charge is -2.17. The summed E-state index contributed by atoms with van der Waals surface area (Å²) in [5.74, 6) is 0.0607. The van der Waals surface area contributed by atoms with Crippen molar-refractivity contribution in [1.29, 1.82) is 0 Å². The van der Waals surface area contributed by atoms with Gasteiger partial charge in [0.15, 0.2) is 0 Å². The van der Waals surface area contributed by atoms with Gasteiger partial charge in [0.1, 0.15) is 0 Å². The van der Waals surface area contributed by atoms with Crippen LogP contribution < -0.4 is 4.90 Å². The Labute approximate surface area is 176 Å². The number of nitrogens with zero attached hydrogens (tertiary/aromatic N) is 1. The Morgan fingerprint density at radius 2 is 1.79 bits per heavy atom. The van der Waals surface area contributed by atoms with Gasteiger partial charge < -0.3 is 0 Å². The summed E-state index contributed by atoms with van der Waals surface area (Å²) in [4.78, 5) is 29.1. The smallest absolute Gasteiger partial charge is 0.268 e. The zero-order valence-corrected chi connectivity index (χ0v) is 17.4. The van der Waals surface area contributed by atoms with E-state index in [-0.39, 0.29) is 11.8 Å². The van der Waals surface area contributed by atoms with E-state index in [1.165, 1.54) is 28.0 Å². The SMILES string of the molecule is Cc1cc(Cl)ccc1N1C(=O)C(SCc2ccccc2)=C(c2cccs2)C1=O. The molecule has 2 heterocycles. The van der Waals surface area contributed by atoms with Gasteiger partial charge in [0.25, 0.3) is 11.8 Å². The van der Waals surface area contributed by atoms with Gasteiger partial charge in [-0.1, -0.05) is 48.0 Å². The van der Waals surface area contributed by atoms with Crippen molar-refractivity contribution < 1.29 is 9.59 Å². The molecule has 28 heavy (non-hydrogen) atoms. The number of anilines is 1. The molecule has 0 fully saturated rings. The highest BCUT2D eigenvalue weighted by Gasteiger charge is 2.41. The number of carbonyl (C=O) groups excluding carboxylic acids is 2. The van der Waals surface area contributed by atoms with Crippen molar-refractivity contribution in [1.82, 2.24) is 0 Å². The second-order valence-corrected chi connectivity index (χ2v) is 8.70. The molecule has 2 aromatic carbocycles. The van der Waals surface area contributed by atoms with E-state index in [9.17, 15) is 9.59 Å². The molecule has 4 rings (SSSR count). The van der Waals surface area contributed by atoms with Crippen LogP contribution >= 0.6 is 34.7 Å². The van der Waals surface area contributed by atoms with Crippen LogP contribution in [0.25, 0.3) is 5.57 Å². The summed E-state index contributed by atoms with van der Waals surface area (Å²) in [6.45, 7) is 1.85. The Balaban J connectivity index is 1.73. The van der Waals surface area contributed by atoms with Gasteiger partial charge in [-0.25, -0.2) is 4.90 Å². The Morgan fingerprint density at radius 3 is 2.46 bits per heavy atom. The summed E-state index contributed by atoms with van der Waals surface area (Å²) in [6.07, 6.45) is 0. The summed E-state index contributed by atoms with van der Waals surface area (Å²) < 4.78 is 0. The Bertz CT molecular complexity index is 1080. The second-order valence-electron chi connectivity index (χ2n) is 6.33. The highest BCUT2D eigenvalue weighted by atomic mass is 35.5. The molecule has 0 spiro atoms. The van der Waals surface area contributed by atoms with Gasteiger partial charge in [0.05, 0.1) is 16.2 Å². The van der Waals surface area contributed by atoms with E-state index in [0.29, 0.717) is 26.9 Å². The van der Waals surface area contributed by atoms with Crippen molar-refractivity contribution >= 4 is 57.8 Å². The fourth-order valence-corrected chi connectivity index (χ4v) is 5.22. The average molecular weight is 426 g/mol. The number of rotatable bonds is 5. The van der Waals surface area contributed by atoms with Crippen molar-refractivity contribution in [2.75, 3.05) is 4.90 Å². The third-order valence-electron chi connectivity index (χ3n) is 4.43. The molecule has 1 aliphatic rings. The van der Waals surface area contributed by atoms with Gasteiger partial charge in [-0.05, 0) is 47.7 Å². The molecule has 1 aliphatic heterocycles. The molecule has 0 atom stereocenters. The van der Waals surface area contributed by atoms with Crippen LogP contribution in [0.1, 0.15) is 16.0 Å². The van der Waals surface area contributed by atoms with Crippen LogP contribution in [0.2, 0.25) is 5.02 Å². The highest BCUT2D eigenvalue weighted by molar-refractivity contribution is 8.03. The van der Waals surface area contributed by atoms with Crippen LogP contribution in [0, 0.1) is 6.92 Å². The molecule has 140 valence electrons. The first-order valence-corrected chi connectivity index (χ1v) is 10.9. The average Bonchev–Trinajstić information content (AvgIpc) is 3.28. The highest BCUT2D eigenvalue weighted by Crippen LogP contribution is 2.41. The first kappa shape index (κ1) is 19.0. The van der Waals surface area contributed by atoms with Crippen molar-refractivity contribution in [3.05, 3.63) is 92.0 Å². The van der Waals surface area contributed by atoms with E-state index in [4.69, 9.17) is 11.6 Å². The Hall–Kier alpha value is -2.34. The summed E-state index contributed by atoms with van der Waals surface area (Å²) >= 11 is 8.93. The Morgan fingerprint density at radius 1 is 1.00 bits per heavy atom. The van der Waals surface area contributed by atoms with Gasteiger partial charge in [-0.3, -0.25) is 9.59 Å². The molecule has 0 N–H and O–H groups in total. The first-order valence-electron chi connectivity index (χ1n) is 8.66. The van der Waals surface area contributed by atoms with Gasteiger partial charge in [-0.15, -0.1) is 23.1 Å². The van der Waals surface area contributed by atoms with Crippen molar-refractivity contribution in [2.45, 2.75) is 12.7 Å². The molecule has 6 heteroatoms. The number of hydrogen-bond donors (Lipinski definition) is 0. The standard InChI is InChI=1S/C22H16ClNO2S2/c1-14-12-16(23)9-10-17(14)24-21(25)19(18-8-5-11-27-18)20(22(24)26)28-13-15-6-3-2-4-7-15/h2-12H,13H2,1H3. The van der Waals surface area contributed by atoms with Crippen molar-refractivity contribution in [2.24, 2.45) is 0 Å². The molecule has 0 saturated heterocycles. The summed E-state index contributed by atoms with van der Waals surface area (Å²) in [5, 5.41) is 2.49. The lowest BCUT2D eigenvalue weighted by molar-refractivity contribution is -0.119. The molecular formula is C22H16ClNO2S2. The van der Waals surface area contributed by atoms with E-state index >= 15 is 0 Å². The van der Waals surface area contributed by atoms with E-state index < -0.39 is 0 Å². The van der Waals surface area contributed by atoms with Crippen molar-refractivity contribution in [3.8, 4) is 0 Å². The first-order chi connectivity index (χ1) is 13.6. The number of carbonyl (C=O) groups is 2. The van der Waals surface area contributed by atoms with E-state index in [1.807, 2.05) is 54.8 Å². The predicted octanol–water partition coefficient (Wildman–Crippen LogP) is 5.93. The minimum atomic E-state index is -0.284. The van der Waals surface area contributed by atoms with Crippen LogP contribution in [0.4, 0.5) is 5.69 Å². The number of aryl methyl sites for hydroxylation is 1. The van der Waals surface area contributed by atoms with E-state index in [1.54, 1.807) is 18.2 Å². The van der Waals surface area contributed by atoms with Gasteiger partial charge >= 0.3 is 0 Å². The topological polar surface area (TPSA) is 37.4 Å². The summed E-state index contributed by atoms with van der Waals surface area (Å²) in [6, 6.07) is 18.9. The van der Waals surface area contributed by atoms with Gasteiger partial charge in [0, 0.05) is 15.7 Å². The number of benzene rings is 2. The number of thiophene rings is 1. The number of imide groups is 1. The Kier molecular flexibility index (Phi) is 5.40. The van der Waals surface area contributed by atoms with Gasteiger partial charge in [-0.2, -0.15) is 0 Å². The third-order valence-corrected chi connectivity index (χ3v) is 6.70. The summed E-state index contributed by atoms with van der Waals surface area (Å²) in [7, 11) is 0. The van der Waals surface area contributed by atoms with Crippen LogP contribution in [0.15, 0.2) is 70.9 Å². The molecule has 0 saturated carbocycles. The number of halogens is 1. The normalized spacial score (nSPS) is 14.3. The number of amides is 2. The van der Waals surface area contributed by atoms with E-state index in [2.05, 4.69) is 0 Å². The molecule has 0 bridgehead atoms. The van der Waals surface area contributed by atoms with E-state index in [0.717, 1.165) is 16.0 Å². The minimum absolute atomic E-state index is 0.278. The largest absolute Gasteiger partial charge is 0.272 e. The molecule has 3 aromatic rings. The predicted molar refractivity (Wildman–Crippen MR) is 118 cm³/mol. The molecule has 1 aromatic heterocycles. The zero-order valence-electron chi connectivity index (χ0n) is 15.0. The maximum Gasteiger partial charge on any atom is 0.272 e. The zero-order chi connectivity index (χ0) is 19.7. The molecular weight excluding hydrogens is 410 g/mol. The number of hydrogen-bond acceptors (Lipinski definition) is 4. The third kappa shape index (κ3) is 3.53. The van der Waals surface area contributed by atoms with Crippen LogP contribution in [0.5, 0.6) is 0 Å². The molecule has 3 nitrogen and oxygen atoms in total. The maximum atomic E-state index is 13.3. The number of thioether (sulfide) groups is 1. The van der Waals surface area contributed by atoms with Crippen LogP contribution in [-0.4, -0.2) is 11.8 Å².